The van der Waals surface area contributed by atoms with Gasteiger partial charge in [0.25, 0.3) is 0 Å². The monoisotopic (exact) mass is 263 g/mol. The van der Waals surface area contributed by atoms with E-state index in [9.17, 15) is 0 Å². The molecule has 0 aliphatic carbocycles. The van der Waals surface area contributed by atoms with E-state index in [-0.39, 0.29) is 0 Å². The summed E-state index contributed by atoms with van der Waals surface area (Å²) in [5.74, 6) is 1.80. The molecule has 0 atom stereocenters. The molecule has 0 N–H and O–H groups in total. The Labute approximate surface area is 109 Å². The summed E-state index contributed by atoms with van der Waals surface area (Å²) in [6.07, 6.45) is 3.80. The molecule has 0 radical (unpaired) electrons. The van der Waals surface area contributed by atoms with Gasteiger partial charge in [0.2, 0.25) is 0 Å². The van der Waals surface area contributed by atoms with E-state index in [4.69, 9.17) is 11.6 Å². The fraction of sp³-hybridized carbons (Fsp3) is 0.250. The molecule has 1 aromatic heterocycles. The standard InChI is InChI=1S/C12H10ClN3S/c13-11-7-14-16-12(15-11)9-3-4-10-8(6-9)2-1-5-17-10/h3-4,6-7H,1-2,5H2. The van der Waals surface area contributed by atoms with Crippen LogP contribution in [0.25, 0.3) is 11.4 Å². The Morgan fingerprint density at radius 3 is 3.12 bits per heavy atom. The summed E-state index contributed by atoms with van der Waals surface area (Å²) in [4.78, 5) is 5.55. The number of fused-ring (bicyclic) bond motifs is 1. The van der Waals surface area contributed by atoms with Crippen LogP contribution in [0.5, 0.6) is 0 Å². The number of rotatable bonds is 1. The van der Waals surface area contributed by atoms with E-state index in [0.717, 1.165) is 12.0 Å². The third-order valence-corrected chi connectivity index (χ3v) is 4.08. The highest BCUT2D eigenvalue weighted by molar-refractivity contribution is 7.99. The van der Waals surface area contributed by atoms with Crippen molar-refractivity contribution in [2.24, 2.45) is 0 Å². The molecule has 0 unspecified atom stereocenters. The second-order valence-electron chi connectivity index (χ2n) is 3.88. The summed E-state index contributed by atoms with van der Waals surface area (Å²) < 4.78 is 0. The summed E-state index contributed by atoms with van der Waals surface area (Å²) in [6, 6.07) is 6.32. The molecule has 5 heteroatoms. The third-order valence-electron chi connectivity index (χ3n) is 2.70. The first-order valence-corrected chi connectivity index (χ1v) is 6.80. The molecule has 0 saturated carbocycles. The topological polar surface area (TPSA) is 38.7 Å². The second kappa shape index (κ2) is 4.63. The Bertz CT molecular complexity index is 559. The fourth-order valence-corrected chi connectivity index (χ4v) is 3.05. The number of nitrogens with zero attached hydrogens (tertiary/aromatic N) is 3. The SMILES string of the molecule is Clc1cnnc(-c2ccc3c(c2)CCCS3)n1. The van der Waals surface area contributed by atoms with Crippen LogP contribution in [0.2, 0.25) is 5.15 Å². The Morgan fingerprint density at radius 1 is 1.29 bits per heavy atom. The van der Waals surface area contributed by atoms with Gasteiger partial charge in [-0.3, -0.25) is 0 Å². The molecule has 1 aliphatic heterocycles. The molecule has 0 bridgehead atoms. The zero-order valence-electron chi connectivity index (χ0n) is 9.06. The lowest BCUT2D eigenvalue weighted by atomic mass is 10.1. The van der Waals surface area contributed by atoms with Crippen LogP contribution in [0.1, 0.15) is 12.0 Å². The predicted octanol–water partition coefficient (Wildman–Crippen LogP) is 3.23. The first-order chi connectivity index (χ1) is 8.33. The Balaban J connectivity index is 2.04. The van der Waals surface area contributed by atoms with Gasteiger partial charge in [-0.1, -0.05) is 11.6 Å². The van der Waals surface area contributed by atoms with E-state index in [1.165, 1.54) is 28.8 Å². The minimum atomic E-state index is 0.377. The van der Waals surface area contributed by atoms with Crippen molar-refractivity contribution in [2.75, 3.05) is 5.75 Å². The summed E-state index contributed by atoms with van der Waals surface area (Å²) >= 11 is 7.73. The summed E-state index contributed by atoms with van der Waals surface area (Å²) in [5, 5.41) is 8.21. The summed E-state index contributed by atoms with van der Waals surface area (Å²) in [7, 11) is 0. The lowest BCUT2D eigenvalue weighted by molar-refractivity contribution is 0.888. The van der Waals surface area contributed by atoms with Crippen molar-refractivity contribution in [3.63, 3.8) is 0 Å². The number of aromatic nitrogens is 3. The van der Waals surface area contributed by atoms with Crippen LogP contribution in [-0.4, -0.2) is 20.9 Å². The van der Waals surface area contributed by atoms with E-state index < -0.39 is 0 Å². The van der Waals surface area contributed by atoms with Gasteiger partial charge in [0.1, 0.15) is 0 Å². The first kappa shape index (κ1) is 11.0. The van der Waals surface area contributed by atoms with Crippen LogP contribution in [0, 0.1) is 0 Å². The number of aryl methyl sites for hydroxylation is 1. The zero-order valence-corrected chi connectivity index (χ0v) is 10.6. The van der Waals surface area contributed by atoms with Gasteiger partial charge < -0.3 is 0 Å². The lowest BCUT2D eigenvalue weighted by Gasteiger charge is -2.15. The van der Waals surface area contributed by atoms with Crippen molar-refractivity contribution >= 4 is 23.4 Å². The highest BCUT2D eigenvalue weighted by atomic mass is 35.5. The molecule has 3 rings (SSSR count). The van der Waals surface area contributed by atoms with E-state index >= 15 is 0 Å². The largest absolute Gasteiger partial charge is 0.213 e. The summed E-state index contributed by atoms with van der Waals surface area (Å²) in [6.45, 7) is 0. The quantitative estimate of drug-likeness (QED) is 0.792. The molecule has 17 heavy (non-hydrogen) atoms. The van der Waals surface area contributed by atoms with Gasteiger partial charge in [-0.05, 0) is 42.4 Å². The molecule has 1 aliphatic rings. The number of hydrogen-bond acceptors (Lipinski definition) is 4. The normalized spacial score (nSPS) is 14.4. The minimum Gasteiger partial charge on any atom is -0.213 e. The lowest BCUT2D eigenvalue weighted by Crippen LogP contribution is -1.99. The van der Waals surface area contributed by atoms with Crippen molar-refractivity contribution in [1.82, 2.24) is 15.2 Å². The molecule has 0 fully saturated rings. The van der Waals surface area contributed by atoms with Gasteiger partial charge in [-0.15, -0.1) is 16.9 Å². The molecule has 1 aromatic carbocycles. The fourth-order valence-electron chi connectivity index (χ4n) is 1.91. The molecule has 2 heterocycles. The van der Waals surface area contributed by atoms with E-state index in [1.54, 1.807) is 0 Å². The van der Waals surface area contributed by atoms with Crippen LogP contribution in [-0.2, 0) is 6.42 Å². The van der Waals surface area contributed by atoms with E-state index in [0.29, 0.717) is 11.0 Å². The Hall–Kier alpha value is -1.13. The van der Waals surface area contributed by atoms with Gasteiger partial charge in [0.15, 0.2) is 11.0 Å². The minimum absolute atomic E-state index is 0.377. The van der Waals surface area contributed by atoms with Crippen LogP contribution < -0.4 is 0 Å². The average Bonchev–Trinajstić information content (AvgIpc) is 2.38. The molecule has 0 amide bonds. The molecular weight excluding hydrogens is 254 g/mol. The molecule has 0 saturated heterocycles. The van der Waals surface area contributed by atoms with E-state index in [2.05, 4.69) is 27.3 Å². The average molecular weight is 264 g/mol. The maximum atomic E-state index is 5.82. The van der Waals surface area contributed by atoms with Gasteiger partial charge in [-0.2, -0.15) is 5.10 Å². The van der Waals surface area contributed by atoms with Gasteiger partial charge in [0, 0.05) is 10.5 Å². The highest BCUT2D eigenvalue weighted by Gasteiger charge is 2.12. The zero-order chi connectivity index (χ0) is 11.7. The van der Waals surface area contributed by atoms with Gasteiger partial charge in [0.05, 0.1) is 6.20 Å². The van der Waals surface area contributed by atoms with Crippen molar-refractivity contribution in [2.45, 2.75) is 17.7 Å². The molecule has 3 nitrogen and oxygen atoms in total. The maximum Gasteiger partial charge on any atom is 0.183 e. The number of halogens is 1. The molecule has 86 valence electrons. The van der Waals surface area contributed by atoms with Crippen LogP contribution in [0.15, 0.2) is 29.3 Å². The van der Waals surface area contributed by atoms with Crippen molar-refractivity contribution in [3.8, 4) is 11.4 Å². The van der Waals surface area contributed by atoms with Crippen LogP contribution in [0.4, 0.5) is 0 Å². The molecule has 0 spiro atoms. The molecule has 2 aromatic rings. The smallest absolute Gasteiger partial charge is 0.183 e. The first-order valence-electron chi connectivity index (χ1n) is 5.44. The highest BCUT2D eigenvalue weighted by Crippen LogP contribution is 2.32. The maximum absolute atomic E-state index is 5.82. The summed E-state index contributed by atoms with van der Waals surface area (Å²) in [5.41, 5.74) is 2.36. The van der Waals surface area contributed by atoms with Gasteiger partial charge >= 0.3 is 0 Å². The number of benzene rings is 1. The van der Waals surface area contributed by atoms with E-state index in [1.807, 2.05) is 17.8 Å². The van der Waals surface area contributed by atoms with Crippen molar-refractivity contribution < 1.29 is 0 Å². The van der Waals surface area contributed by atoms with Gasteiger partial charge in [-0.25, -0.2) is 4.98 Å². The second-order valence-corrected chi connectivity index (χ2v) is 5.40. The number of hydrogen-bond donors (Lipinski definition) is 0. The predicted molar refractivity (Wildman–Crippen MR) is 69.3 cm³/mol. The van der Waals surface area contributed by atoms with Crippen LogP contribution >= 0.6 is 23.4 Å². The van der Waals surface area contributed by atoms with Crippen LogP contribution in [0.3, 0.4) is 0 Å². The number of thioether (sulfide) groups is 1. The Morgan fingerprint density at radius 2 is 2.24 bits per heavy atom. The third kappa shape index (κ3) is 2.28. The van der Waals surface area contributed by atoms with Crippen molar-refractivity contribution in [1.29, 1.82) is 0 Å². The molecular formula is C12H10ClN3S. The Kier molecular flexibility index (Phi) is 2.99. The van der Waals surface area contributed by atoms with Crippen molar-refractivity contribution in [3.05, 3.63) is 35.1 Å².